The zero-order valence-electron chi connectivity index (χ0n) is 7.69. The van der Waals surface area contributed by atoms with Gasteiger partial charge < -0.3 is 0 Å². The van der Waals surface area contributed by atoms with Crippen LogP contribution in [0.3, 0.4) is 0 Å². The Kier molecular flexibility index (Phi) is 3.16. The molecule has 0 N–H and O–H groups in total. The largest absolute Gasteiger partial charge is 0.107 e. The van der Waals surface area contributed by atoms with E-state index in [1.807, 2.05) is 0 Å². The fourth-order valence-electron chi connectivity index (χ4n) is 1.68. The molecular formula is C12H15P. The highest BCUT2D eigenvalue weighted by Gasteiger charge is 2.11. The number of rotatable bonds is 2. The molecule has 1 heteroatoms. The zero-order chi connectivity index (χ0) is 8.93. The van der Waals surface area contributed by atoms with Gasteiger partial charge in [-0.1, -0.05) is 48.6 Å². The van der Waals surface area contributed by atoms with E-state index >= 15 is 0 Å². The maximum atomic E-state index is 2.35. The Labute approximate surface area is 81.9 Å². The predicted octanol–water partition coefficient (Wildman–Crippen LogP) is 3.43. The average molecular weight is 190 g/mol. The molecule has 0 heterocycles. The van der Waals surface area contributed by atoms with Crippen molar-refractivity contribution in [1.29, 1.82) is 0 Å². The third-order valence-corrected chi connectivity index (χ3v) is 4.10. The molecule has 0 aromatic carbocycles. The number of hydrogen-bond acceptors (Lipinski definition) is 0. The minimum absolute atomic E-state index is 0.797. The van der Waals surface area contributed by atoms with Crippen molar-refractivity contribution in [3.8, 4) is 0 Å². The van der Waals surface area contributed by atoms with Crippen molar-refractivity contribution in [2.75, 3.05) is 0 Å². The van der Waals surface area contributed by atoms with E-state index in [2.05, 4.69) is 48.6 Å². The summed E-state index contributed by atoms with van der Waals surface area (Å²) in [6, 6.07) is 0. The van der Waals surface area contributed by atoms with E-state index in [1.54, 1.807) is 0 Å². The summed E-state index contributed by atoms with van der Waals surface area (Å²) >= 11 is 0. The van der Waals surface area contributed by atoms with Gasteiger partial charge in [0, 0.05) is 0 Å². The molecule has 0 amide bonds. The SMILES string of the molecule is C1=CCC(P[C@H]2C=CC=CC2)C=C1. The van der Waals surface area contributed by atoms with Crippen molar-refractivity contribution in [2.24, 2.45) is 0 Å². The molecule has 2 aliphatic rings. The lowest BCUT2D eigenvalue weighted by atomic mass is 10.2. The summed E-state index contributed by atoms with van der Waals surface area (Å²) in [4.78, 5) is 0. The van der Waals surface area contributed by atoms with Gasteiger partial charge >= 0.3 is 0 Å². The second kappa shape index (κ2) is 4.58. The van der Waals surface area contributed by atoms with Crippen LogP contribution in [0.1, 0.15) is 12.8 Å². The van der Waals surface area contributed by atoms with Gasteiger partial charge in [-0.3, -0.25) is 0 Å². The van der Waals surface area contributed by atoms with Crippen molar-refractivity contribution < 1.29 is 0 Å². The third-order valence-electron chi connectivity index (χ3n) is 2.39. The van der Waals surface area contributed by atoms with Crippen LogP contribution < -0.4 is 0 Å². The minimum Gasteiger partial charge on any atom is -0.107 e. The van der Waals surface area contributed by atoms with Crippen LogP contribution in [0, 0.1) is 0 Å². The van der Waals surface area contributed by atoms with E-state index in [0.717, 1.165) is 19.9 Å². The molecule has 0 aliphatic heterocycles. The van der Waals surface area contributed by atoms with Gasteiger partial charge in [-0.2, -0.15) is 0 Å². The predicted molar refractivity (Wildman–Crippen MR) is 61.7 cm³/mol. The van der Waals surface area contributed by atoms with Gasteiger partial charge in [-0.15, -0.1) is 8.58 Å². The van der Waals surface area contributed by atoms with Crippen molar-refractivity contribution in [3.63, 3.8) is 0 Å². The molecule has 0 saturated heterocycles. The molecule has 0 saturated carbocycles. The lowest BCUT2D eigenvalue weighted by Gasteiger charge is -2.19. The van der Waals surface area contributed by atoms with E-state index in [4.69, 9.17) is 0 Å². The Morgan fingerprint density at radius 3 is 1.69 bits per heavy atom. The Morgan fingerprint density at radius 1 is 0.769 bits per heavy atom. The lowest BCUT2D eigenvalue weighted by molar-refractivity contribution is 0.992. The Balaban J connectivity index is 1.84. The summed E-state index contributed by atoms with van der Waals surface area (Å²) in [5.74, 6) is 0. The fraction of sp³-hybridized carbons (Fsp3) is 0.333. The number of hydrogen-bond donors (Lipinski definition) is 0. The summed E-state index contributed by atoms with van der Waals surface area (Å²) in [6.45, 7) is 0. The maximum Gasteiger partial charge on any atom is -0.00141 e. The second-order valence-electron chi connectivity index (χ2n) is 3.48. The molecule has 0 aromatic rings. The van der Waals surface area contributed by atoms with Gasteiger partial charge in [-0.25, -0.2) is 0 Å². The van der Waals surface area contributed by atoms with Crippen LogP contribution in [0.15, 0.2) is 48.6 Å². The summed E-state index contributed by atoms with van der Waals surface area (Å²) in [6.07, 6.45) is 20.4. The topological polar surface area (TPSA) is 0 Å². The summed E-state index contributed by atoms with van der Waals surface area (Å²) < 4.78 is 0. The highest BCUT2D eigenvalue weighted by atomic mass is 31.1. The molecule has 2 aliphatic carbocycles. The minimum atomic E-state index is 0.797. The van der Waals surface area contributed by atoms with E-state index in [9.17, 15) is 0 Å². The molecule has 0 aromatic heterocycles. The van der Waals surface area contributed by atoms with Gasteiger partial charge in [0.2, 0.25) is 0 Å². The van der Waals surface area contributed by atoms with Gasteiger partial charge in [0.15, 0.2) is 0 Å². The van der Waals surface area contributed by atoms with Gasteiger partial charge in [0.05, 0.1) is 0 Å². The standard InChI is InChI=1S/C12H15P/c1-3-7-11(8-4-1)13-12-9-5-2-6-10-12/h1-7,9,11-13H,8,10H2/t11-,12?/m0/s1. The molecule has 2 unspecified atom stereocenters. The highest BCUT2D eigenvalue weighted by molar-refractivity contribution is 7.40. The number of allylic oxidation sites excluding steroid dienone is 8. The third kappa shape index (κ3) is 2.67. The Hall–Kier alpha value is -0.610. The first kappa shape index (κ1) is 8.97. The van der Waals surface area contributed by atoms with Crippen LogP contribution in [0.25, 0.3) is 0 Å². The normalized spacial score (nSPS) is 32.0. The lowest BCUT2D eigenvalue weighted by Crippen LogP contribution is -2.05. The maximum absolute atomic E-state index is 2.35. The van der Waals surface area contributed by atoms with Crippen molar-refractivity contribution >= 4 is 8.58 Å². The Bertz CT molecular complexity index is 243. The first-order valence-electron chi connectivity index (χ1n) is 4.88. The Morgan fingerprint density at radius 2 is 1.31 bits per heavy atom. The second-order valence-corrected chi connectivity index (χ2v) is 5.29. The van der Waals surface area contributed by atoms with Gasteiger partial charge in [0.1, 0.15) is 0 Å². The molecule has 0 radical (unpaired) electrons. The molecular weight excluding hydrogens is 175 g/mol. The van der Waals surface area contributed by atoms with Crippen LogP contribution in [-0.2, 0) is 0 Å². The molecule has 3 atom stereocenters. The monoisotopic (exact) mass is 190 g/mol. The van der Waals surface area contributed by atoms with Crippen molar-refractivity contribution in [3.05, 3.63) is 48.6 Å². The van der Waals surface area contributed by atoms with Gasteiger partial charge in [-0.05, 0) is 24.2 Å². The van der Waals surface area contributed by atoms with Crippen LogP contribution in [0.2, 0.25) is 0 Å². The van der Waals surface area contributed by atoms with Gasteiger partial charge in [0.25, 0.3) is 0 Å². The van der Waals surface area contributed by atoms with Crippen LogP contribution in [0.5, 0.6) is 0 Å². The zero-order valence-corrected chi connectivity index (χ0v) is 8.69. The van der Waals surface area contributed by atoms with Crippen molar-refractivity contribution in [1.82, 2.24) is 0 Å². The highest BCUT2D eigenvalue weighted by Crippen LogP contribution is 2.34. The summed E-state index contributed by atoms with van der Waals surface area (Å²) in [5.41, 5.74) is 1.59. The molecule has 0 nitrogen and oxygen atoms in total. The molecule has 0 fully saturated rings. The molecule has 68 valence electrons. The summed E-state index contributed by atoms with van der Waals surface area (Å²) in [5, 5.41) is 0. The molecule has 0 bridgehead atoms. The van der Waals surface area contributed by atoms with E-state index in [-0.39, 0.29) is 0 Å². The van der Waals surface area contributed by atoms with Crippen LogP contribution in [0.4, 0.5) is 0 Å². The summed E-state index contributed by atoms with van der Waals surface area (Å²) in [7, 11) is 1.05. The van der Waals surface area contributed by atoms with E-state index < -0.39 is 0 Å². The first-order valence-corrected chi connectivity index (χ1v) is 6.03. The smallest absolute Gasteiger partial charge is 0.00141 e. The van der Waals surface area contributed by atoms with Crippen LogP contribution >= 0.6 is 8.58 Å². The molecule has 2 rings (SSSR count). The van der Waals surface area contributed by atoms with E-state index in [0.29, 0.717) is 0 Å². The van der Waals surface area contributed by atoms with Crippen LogP contribution in [-0.4, -0.2) is 11.3 Å². The van der Waals surface area contributed by atoms with Crippen molar-refractivity contribution in [2.45, 2.75) is 24.2 Å². The quantitative estimate of drug-likeness (QED) is 0.585. The van der Waals surface area contributed by atoms with E-state index in [1.165, 1.54) is 12.8 Å². The fourth-order valence-corrected chi connectivity index (χ4v) is 3.22. The first-order chi connectivity index (χ1) is 6.45. The average Bonchev–Trinajstić information content (AvgIpc) is 2.21. The molecule has 13 heavy (non-hydrogen) atoms. The molecule has 0 spiro atoms.